The molecular formula is C26H39N3O3S2. The molecule has 0 spiro atoms. The minimum Gasteiger partial charge on any atom is -0.393 e. The van der Waals surface area contributed by atoms with Gasteiger partial charge in [-0.1, -0.05) is 55.6 Å². The van der Waals surface area contributed by atoms with Gasteiger partial charge in [0.25, 0.3) is 0 Å². The molecule has 2 saturated carbocycles. The minimum absolute atomic E-state index is 0.122. The molecule has 8 heteroatoms. The molecule has 1 heterocycles. The number of rotatable bonds is 8. The monoisotopic (exact) mass is 505 g/mol. The van der Waals surface area contributed by atoms with Crippen LogP contribution < -0.4 is 10.0 Å². The quantitative estimate of drug-likeness (QED) is 0.423. The van der Waals surface area contributed by atoms with Crippen LogP contribution in [0.1, 0.15) is 82.4 Å². The second-order valence-corrected chi connectivity index (χ2v) is 13.0. The molecule has 188 valence electrons. The molecule has 1 aromatic heterocycles. The third-order valence-electron chi connectivity index (χ3n) is 7.34. The van der Waals surface area contributed by atoms with E-state index in [2.05, 4.69) is 17.0 Å². The Labute approximate surface area is 208 Å². The maximum atomic E-state index is 13.2. The Kier molecular flexibility index (Phi) is 8.33. The molecule has 0 radical (unpaired) electrons. The molecule has 0 saturated heterocycles. The summed E-state index contributed by atoms with van der Waals surface area (Å²) in [7, 11) is -3.64. The van der Waals surface area contributed by atoms with Crippen molar-refractivity contribution in [1.82, 2.24) is 9.71 Å². The van der Waals surface area contributed by atoms with E-state index in [-0.39, 0.29) is 12.1 Å². The Morgan fingerprint density at radius 1 is 1.09 bits per heavy atom. The molecule has 2 aliphatic carbocycles. The van der Waals surface area contributed by atoms with Gasteiger partial charge < -0.3 is 10.4 Å². The standard InChI is InChI=1S/C26H39N3O3S2/c1-17-9-10-21(16-24(17)34(31,32)29-22-11-13-23(30)14-12-22)25-19(3)28-26(33-25)27-18(2)15-20-7-5-4-6-8-20/h9-10,16,18,20,22-23,29-30H,4-8,11-15H2,1-3H3,(H,27,28)/t18-,22-,23-/m1/s1. The van der Waals surface area contributed by atoms with E-state index in [0.29, 0.717) is 36.6 Å². The third kappa shape index (κ3) is 6.39. The highest BCUT2D eigenvalue weighted by molar-refractivity contribution is 7.89. The minimum atomic E-state index is -3.64. The summed E-state index contributed by atoms with van der Waals surface area (Å²) in [5, 5.41) is 14.2. The van der Waals surface area contributed by atoms with Gasteiger partial charge in [-0.05, 0) is 76.0 Å². The maximum absolute atomic E-state index is 13.2. The largest absolute Gasteiger partial charge is 0.393 e. The van der Waals surface area contributed by atoms with Crippen molar-refractivity contribution < 1.29 is 13.5 Å². The Balaban J connectivity index is 1.48. The van der Waals surface area contributed by atoms with Crippen LogP contribution in [-0.2, 0) is 10.0 Å². The number of aliphatic hydroxyl groups excluding tert-OH is 1. The molecule has 0 bridgehead atoms. The number of benzene rings is 1. The average Bonchev–Trinajstić information content (AvgIpc) is 3.15. The van der Waals surface area contributed by atoms with Crippen LogP contribution in [0.3, 0.4) is 0 Å². The zero-order chi connectivity index (χ0) is 24.3. The molecule has 2 aromatic rings. The molecule has 6 nitrogen and oxygen atoms in total. The van der Waals surface area contributed by atoms with Crippen molar-refractivity contribution in [2.75, 3.05) is 5.32 Å². The average molecular weight is 506 g/mol. The first-order valence-corrected chi connectivity index (χ1v) is 15.1. The van der Waals surface area contributed by atoms with Crippen molar-refractivity contribution in [3.8, 4) is 10.4 Å². The summed E-state index contributed by atoms with van der Waals surface area (Å²) in [6.07, 6.45) is 10.2. The van der Waals surface area contributed by atoms with Crippen LogP contribution in [0.2, 0.25) is 0 Å². The molecule has 3 N–H and O–H groups in total. The van der Waals surface area contributed by atoms with Gasteiger partial charge in [0.1, 0.15) is 0 Å². The third-order valence-corrected chi connectivity index (χ3v) is 10.1. The molecule has 0 aliphatic heterocycles. The van der Waals surface area contributed by atoms with Gasteiger partial charge in [-0.15, -0.1) is 0 Å². The summed E-state index contributed by atoms with van der Waals surface area (Å²) in [5.41, 5.74) is 2.53. The lowest BCUT2D eigenvalue weighted by Gasteiger charge is -2.26. The topological polar surface area (TPSA) is 91.3 Å². The first kappa shape index (κ1) is 25.6. The second-order valence-electron chi connectivity index (χ2n) is 10.3. The van der Waals surface area contributed by atoms with E-state index in [1.54, 1.807) is 17.4 Å². The molecular weight excluding hydrogens is 466 g/mol. The van der Waals surface area contributed by atoms with Crippen LogP contribution in [-0.4, -0.2) is 36.7 Å². The van der Waals surface area contributed by atoms with Gasteiger partial charge in [0.2, 0.25) is 10.0 Å². The molecule has 34 heavy (non-hydrogen) atoms. The first-order valence-electron chi connectivity index (χ1n) is 12.8. The molecule has 1 atom stereocenters. The summed E-state index contributed by atoms with van der Waals surface area (Å²) >= 11 is 1.60. The Morgan fingerprint density at radius 2 is 1.79 bits per heavy atom. The highest BCUT2D eigenvalue weighted by Gasteiger charge is 2.26. The van der Waals surface area contributed by atoms with Gasteiger partial charge in [-0.3, -0.25) is 0 Å². The number of aromatic nitrogens is 1. The van der Waals surface area contributed by atoms with E-state index in [1.165, 1.54) is 38.5 Å². The lowest BCUT2D eigenvalue weighted by Crippen LogP contribution is -2.38. The molecule has 2 fully saturated rings. The van der Waals surface area contributed by atoms with Gasteiger partial charge >= 0.3 is 0 Å². The molecule has 0 unspecified atom stereocenters. The summed E-state index contributed by atoms with van der Waals surface area (Å²) in [6, 6.07) is 5.90. The van der Waals surface area contributed by atoms with E-state index in [9.17, 15) is 13.5 Å². The van der Waals surface area contributed by atoms with E-state index >= 15 is 0 Å². The molecule has 0 amide bonds. The predicted octanol–water partition coefficient (Wildman–Crippen LogP) is 5.78. The van der Waals surface area contributed by atoms with Crippen LogP contribution in [0.4, 0.5) is 5.13 Å². The van der Waals surface area contributed by atoms with Crippen molar-refractivity contribution in [2.24, 2.45) is 5.92 Å². The number of nitrogens with one attached hydrogen (secondary N) is 2. The van der Waals surface area contributed by atoms with Crippen molar-refractivity contribution in [1.29, 1.82) is 0 Å². The highest BCUT2D eigenvalue weighted by atomic mass is 32.2. The highest BCUT2D eigenvalue weighted by Crippen LogP contribution is 2.36. The fourth-order valence-electron chi connectivity index (χ4n) is 5.43. The fourth-order valence-corrected chi connectivity index (χ4v) is 8.08. The Morgan fingerprint density at radius 3 is 2.50 bits per heavy atom. The van der Waals surface area contributed by atoms with E-state index in [4.69, 9.17) is 4.98 Å². The lowest BCUT2D eigenvalue weighted by molar-refractivity contribution is 0.120. The summed E-state index contributed by atoms with van der Waals surface area (Å²) in [4.78, 5) is 6.08. The van der Waals surface area contributed by atoms with Crippen LogP contribution in [0.5, 0.6) is 0 Å². The van der Waals surface area contributed by atoms with E-state index in [1.807, 2.05) is 26.0 Å². The molecule has 1 aromatic carbocycles. The smallest absolute Gasteiger partial charge is 0.241 e. The maximum Gasteiger partial charge on any atom is 0.241 e. The SMILES string of the molecule is Cc1ccc(-c2sc(N[C@H](C)CC3CCCCC3)nc2C)cc1S(=O)(=O)N[C@H]1CC[C@H](O)CC1. The zero-order valence-electron chi connectivity index (χ0n) is 20.6. The van der Waals surface area contributed by atoms with E-state index < -0.39 is 10.0 Å². The number of hydrogen-bond acceptors (Lipinski definition) is 6. The first-order chi connectivity index (χ1) is 16.2. The Bertz CT molecular complexity index is 1070. The summed E-state index contributed by atoms with van der Waals surface area (Å²) in [6.45, 7) is 6.06. The van der Waals surface area contributed by atoms with Crippen molar-refractivity contribution in [2.45, 2.75) is 108 Å². The normalized spacial score (nSPS) is 23.1. The van der Waals surface area contributed by atoms with Crippen molar-refractivity contribution in [3.05, 3.63) is 29.5 Å². The number of aliphatic hydroxyl groups is 1. The van der Waals surface area contributed by atoms with Gasteiger partial charge in [-0.2, -0.15) is 0 Å². The molecule has 2 aliphatic rings. The number of thiazole rings is 1. The van der Waals surface area contributed by atoms with Crippen molar-refractivity contribution in [3.63, 3.8) is 0 Å². The van der Waals surface area contributed by atoms with Crippen LogP contribution in [0, 0.1) is 19.8 Å². The van der Waals surface area contributed by atoms with Crippen LogP contribution in [0.25, 0.3) is 10.4 Å². The van der Waals surface area contributed by atoms with Gasteiger partial charge in [-0.25, -0.2) is 18.1 Å². The fraction of sp³-hybridized carbons (Fsp3) is 0.654. The number of nitrogens with zero attached hydrogens (tertiary/aromatic N) is 1. The number of hydrogen-bond donors (Lipinski definition) is 3. The van der Waals surface area contributed by atoms with E-state index in [0.717, 1.165) is 32.7 Å². The molecule has 4 rings (SSSR count). The Hall–Kier alpha value is -1.48. The lowest BCUT2D eigenvalue weighted by atomic mass is 9.85. The zero-order valence-corrected chi connectivity index (χ0v) is 22.3. The number of aryl methyl sites for hydroxylation is 2. The number of sulfonamides is 1. The van der Waals surface area contributed by atoms with Crippen molar-refractivity contribution >= 4 is 26.5 Å². The number of anilines is 1. The van der Waals surface area contributed by atoms with Gasteiger partial charge in [0.15, 0.2) is 5.13 Å². The van der Waals surface area contributed by atoms with Gasteiger partial charge in [0, 0.05) is 12.1 Å². The van der Waals surface area contributed by atoms with Gasteiger partial charge in [0.05, 0.1) is 21.6 Å². The summed E-state index contributed by atoms with van der Waals surface area (Å²) < 4.78 is 29.3. The second kappa shape index (κ2) is 11.1. The summed E-state index contributed by atoms with van der Waals surface area (Å²) in [5.74, 6) is 0.807. The van der Waals surface area contributed by atoms with Crippen LogP contribution >= 0.6 is 11.3 Å². The predicted molar refractivity (Wildman–Crippen MR) is 140 cm³/mol. The van der Waals surface area contributed by atoms with Crippen LogP contribution in [0.15, 0.2) is 23.1 Å².